The molecule has 0 fully saturated rings. The van der Waals surface area contributed by atoms with Crippen LogP contribution < -0.4 is 10.9 Å². The largest absolute Gasteiger partial charge is 0.288 e. The van der Waals surface area contributed by atoms with Crippen molar-refractivity contribution in [2.24, 2.45) is 0 Å². The molecule has 0 spiro atoms. The average molecular weight is 388 g/mol. The van der Waals surface area contributed by atoms with Gasteiger partial charge in [0.2, 0.25) is 0 Å². The molecule has 2 aromatic carbocycles. The van der Waals surface area contributed by atoms with Gasteiger partial charge in [-0.1, -0.05) is 23.9 Å². The summed E-state index contributed by atoms with van der Waals surface area (Å²) in [6.45, 7) is 0. The summed E-state index contributed by atoms with van der Waals surface area (Å²) in [5.41, 5.74) is 4.86. The van der Waals surface area contributed by atoms with Crippen LogP contribution in [0.25, 0.3) is 5.69 Å². The maximum Gasteiger partial charge on any atom is 0.288 e. The van der Waals surface area contributed by atoms with Crippen LogP contribution in [0.2, 0.25) is 0 Å². The molecule has 138 valence electrons. The topological polar surface area (TPSA) is 76.0 Å². The minimum atomic E-state index is -0.792. The smallest absolute Gasteiger partial charge is 0.283 e. The fourth-order valence-electron chi connectivity index (χ4n) is 2.37. The minimum absolute atomic E-state index is 0.125. The lowest BCUT2D eigenvalue weighted by Crippen LogP contribution is -2.42. The monoisotopic (exact) mass is 388 g/mol. The van der Waals surface area contributed by atoms with E-state index in [1.165, 1.54) is 65.0 Å². The number of carbonyl (C=O) groups is 2. The first kappa shape index (κ1) is 18.6. The zero-order valence-corrected chi connectivity index (χ0v) is 14.9. The Morgan fingerprint density at radius 2 is 1.67 bits per heavy atom. The van der Waals surface area contributed by atoms with Gasteiger partial charge in [-0.25, -0.2) is 13.8 Å². The van der Waals surface area contributed by atoms with Crippen molar-refractivity contribution in [2.75, 3.05) is 6.26 Å². The van der Waals surface area contributed by atoms with E-state index in [1.54, 1.807) is 6.26 Å². The molecule has 0 saturated heterocycles. The summed E-state index contributed by atoms with van der Waals surface area (Å²) in [5, 5.41) is 0.507. The number of rotatable bonds is 4. The standard InChI is InChI=1S/C18H14F2N4O2S/c1-27-18-21-10-15(24(18)12-8-6-11(19)7-9-12)17(26)23-22-16(25)13-4-2-3-5-14(13)20/h2-10H,1H3,(H,22,25)(H,23,26). The van der Waals surface area contributed by atoms with Gasteiger partial charge in [0.25, 0.3) is 11.8 Å². The second-order valence-electron chi connectivity index (χ2n) is 5.33. The molecule has 0 unspecified atom stereocenters. The molecule has 0 radical (unpaired) electrons. The van der Waals surface area contributed by atoms with Crippen molar-refractivity contribution >= 4 is 23.6 Å². The lowest BCUT2D eigenvalue weighted by atomic mass is 10.2. The third kappa shape index (κ3) is 3.98. The molecule has 2 amide bonds. The number of amides is 2. The Morgan fingerprint density at radius 1 is 1.00 bits per heavy atom. The molecular formula is C18H14F2N4O2S. The van der Waals surface area contributed by atoms with E-state index in [1.807, 2.05) is 0 Å². The minimum Gasteiger partial charge on any atom is -0.283 e. The van der Waals surface area contributed by atoms with Crippen LogP contribution in [0.3, 0.4) is 0 Å². The number of hydrogen-bond donors (Lipinski definition) is 2. The zero-order chi connectivity index (χ0) is 19.4. The Kier molecular flexibility index (Phi) is 5.51. The first-order chi connectivity index (χ1) is 13.0. The summed E-state index contributed by atoms with van der Waals surface area (Å²) in [4.78, 5) is 28.7. The van der Waals surface area contributed by atoms with Gasteiger partial charge in [0.05, 0.1) is 11.8 Å². The van der Waals surface area contributed by atoms with Crippen molar-refractivity contribution in [3.63, 3.8) is 0 Å². The second kappa shape index (κ2) is 8.00. The second-order valence-corrected chi connectivity index (χ2v) is 6.10. The molecule has 3 rings (SSSR count). The molecule has 6 nitrogen and oxygen atoms in total. The zero-order valence-electron chi connectivity index (χ0n) is 14.1. The number of carbonyl (C=O) groups excluding carboxylic acids is 2. The molecule has 0 atom stereocenters. The van der Waals surface area contributed by atoms with Crippen molar-refractivity contribution in [1.82, 2.24) is 20.4 Å². The Morgan fingerprint density at radius 3 is 2.33 bits per heavy atom. The molecule has 2 N–H and O–H groups in total. The van der Waals surface area contributed by atoms with Crippen LogP contribution in [-0.2, 0) is 0 Å². The molecular weight excluding hydrogens is 374 g/mol. The summed E-state index contributed by atoms with van der Waals surface area (Å²) in [7, 11) is 0. The van der Waals surface area contributed by atoms with Crippen molar-refractivity contribution in [3.05, 3.63) is 77.6 Å². The van der Waals surface area contributed by atoms with E-state index >= 15 is 0 Å². The van der Waals surface area contributed by atoms with Crippen LogP contribution in [0.1, 0.15) is 20.8 Å². The van der Waals surface area contributed by atoms with Gasteiger partial charge in [0.15, 0.2) is 5.16 Å². The average Bonchev–Trinajstić information content (AvgIpc) is 3.11. The summed E-state index contributed by atoms with van der Waals surface area (Å²) in [5.74, 6) is -2.56. The van der Waals surface area contributed by atoms with Crippen LogP contribution in [-0.4, -0.2) is 27.6 Å². The van der Waals surface area contributed by atoms with Crippen LogP contribution >= 0.6 is 11.8 Å². The molecule has 0 aliphatic heterocycles. The van der Waals surface area contributed by atoms with Crippen molar-refractivity contribution in [3.8, 4) is 5.69 Å². The van der Waals surface area contributed by atoms with E-state index in [0.717, 1.165) is 6.07 Å². The van der Waals surface area contributed by atoms with Gasteiger partial charge < -0.3 is 0 Å². The first-order valence-electron chi connectivity index (χ1n) is 7.74. The Labute approximate surface area is 157 Å². The molecule has 1 heterocycles. The quantitative estimate of drug-likeness (QED) is 0.532. The molecule has 0 bridgehead atoms. The number of thioether (sulfide) groups is 1. The van der Waals surface area contributed by atoms with E-state index in [-0.39, 0.29) is 11.3 Å². The van der Waals surface area contributed by atoms with Crippen LogP contribution in [0.4, 0.5) is 8.78 Å². The van der Waals surface area contributed by atoms with Gasteiger partial charge in [-0.05, 0) is 42.7 Å². The molecule has 0 aliphatic carbocycles. The van der Waals surface area contributed by atoms with Crippen molar-refractivity contribution in [1.29, 1.82) is 0 Å². The van der Waals surface area contributed by atoms with E-state index < -0.39 is 23.4 Å². The molecule has 27 heavy (non-hydrogen) atoms. The van der Waals surface area contributed by atoms with Gasteiger partial charge in [-0.15, -0.1) is 0 Å². The SMILES string of the molecule is CSc1ncc(C(=O)NNC(=O)c2ccccc2F)n1-c1ccc(F)cc1. The normalized spacial score (nSPS) is 10.5. The van der Waals surface area contributed by atoms with Crippen molar-refractivity contribution in [2.45, 2.75) is 5.16 Å². The van der Waals surface area contributed by atoms with Crippen LogP contribution in [0.5, 0.6) is 0 Å². The van der Waals surface area contributed by atoms with E-state index in [4.69, 9.17) is 0 Å². The predicted molar refractivity (Wildman–Crippen MR) is 96.6 cm³/mol. The number of nitrogens with zero attached hydrogens (tertiary/aromatic N) is 2. The Balaban J connectivity index is 1.81. The number of hydrazine groups is 1. The highest BCUT2D eigenvalue weighted by Gasteiger charge is 2.19. The number of halogens is 2. The number of hydrogen-bond acceptors (Lipinski definition) is 4. The van der Waals surface area contributed by atoms with E-state index in [9.17, 15) is 18.4 Å². The number of imidazole rings is 1. The fourth-order valence-corrected chi connectivity index (χ4v) is 2.91. The number of nitrogens with one attached hydrogen (secondary N) is 2. The predicted octanol–water partition coefficient (Wildman–Crippen LogP) is 2.95. The van der Waals surface area contributed by atoms with E-state index in [2.05, 4.69) is 15.8 Å². The third-order valence-corrected chi connectivity index (χ3v) is 4.29. The van der Waals surface area contributed by atoms with Gasteiger partial charge in [0, 0.05) is 5.69 Å². The fraction of sp³-hybridized carbons (Fsp3) is 0.0556. The highest BCUT2D eigenvalue weighted by Crippen LogP contribution is 2.22. The number of aromatic nitrogens is 2. The Hall–Kier alpha value is -3.20. The summed E-state index contributed by atoms with van der Waals surface area (Å²) in [6.07, 6.45) is 3.11. The molecule has 0 aliphatic rings. The molecule has 3 aromatic rings. The van der Waals surface area contributed by atoms with Crippen LogP contribution in [0.15, 0.2) is 59.9 Å². The van der Waals surface area contributed by atoms with Gasteiger partial charge in [-0.2, -0.15) is 0 Å². The summed E-state index contributed by atoms with van der Waals surface area (Å²) in [6, 6.07) is 10.9. The number of benzene rings is 2. The molecule has 9 heteroatoms. The van der Waals surface area contributed by atoms with Gasteiger partial charge in [0.1, 0.15) is 17.3 Å². The maximum atomic E-state index is 13.6. The molecule has 0 saturated carbocycles. The third-order valence-electron chi connectivity index (χ3n) is 3.64. The van der Waals surface area contributed by atoms with E-state index in [0.29, 0.717) is 10.8 Å². The maximum absolute atomic E-state index is 13.6. The van der Waals surface area contributed by atoms with Crippen molar-refractivity contribution < 1.29 is 18.4 Å². The van der Waals surface area contributed by atoms with Crippen LogP contribution in [0, 0.1) is 11.6 Å². The lowest BCUT2D eigenvalue weighted by molar-refractivity contribution is 0.0840. The highest BCUT2D eigenvalue weighted by atomic mass is 32.2. The molecule has 1 aromatic heterocycles. The van der Waals surface area contributed by atoms with Gasteiger partial charge >= 0.3 is 0 Å². The summed E-state index contributed by atoms with van der Waals surface area (Å²) < 4.78 is 28.3. The Bertz CT molecular complexity index is 989. The first-order valence-corrected chi connectivity index (χ1v) is 8.96. The summed E-state index contributed by atoms with van der Waals surface area (Å²) >= 11 is 1.30. The highest BCUT2D eigenvalue weighted by molar-refractivity contribution is 7.98. The van der Waals surface area contributed by atoms with Gasteiger partial charge in [-0.3, -0.25) is 25.0 Å². The lowest BCUT2D eigenvalue weighted by Gasteiger charge is -2.12.